The highest BCUT2D eigenvalue weighted by Crippen LogP contribution is 2.29. The summed E-state index contributed by atoms with van der Waals surface area (Å²) in [6, 6.07) is 8.57. The van der Waals surface area contributed by atoms with Crippen LogP contribution in [0.2, 0.25) is 0 Å². The number of rotatable bonds is 4. The molecule has 2 aromatic heterocycles. The van der Waals surface area contributed by atoms with E-state index in [0.29, 0.717) is 12.5 Å². The molecule has 0 radical (unpaired) electrons. The van der Waals surface area contributed by atoms with Crippen molar-refractivity contribution in [1.82, 2.24) is 9.46 Å². The third-order valence-corrected chi connectivity index (χ3v) is 4.12. The lowest BCUT2D eigenvalue weighted by Crippen LogP contribution is -2.37. The van der Waals surface area contributed by atoms with Crippen molar-refractivity contribution in [2.45, 2.75) is 45.6 Å². The van der Waals surface area contributed by atoms with E-state index in [1.165, 1.54) is 21.8 Å². The maximum atomic E-state index is 11.2. The Bertz CT molecular complexity index is 669. The van der Waals surface area contributed by atoms with Crippen LogP contribution in [0.4, 0.5) is 0 Å². The average molecular weight is 300 g/mol. The molecule has 0 aliphatic heterocycles. The first kappa shape index (κ1) is 15.1. The fourth-order valence-corrected chi connectivity index (χ4v) is 3.31. The minimum Gasteiger partial charge on any atom is -0.321 e. The molecule has 2 aromatic rings. The third kappa shape index (κ3) is 3.17. The van der Waals surface area contributed by atoms with E-state index < -0.39 is 0 Å². The first-order valence-corrected chi connectivity index (χ1v) is 7.95. The molecule has 118 valence electrons. The first-order chi connectivity index (χ1) is 10.5. The van der Waals surface area contributed by atoms with Gasteiger partial charge < -0.3 is 4.40 Å². The normalized spacial score (nSPS) is 18.2. The van der Waals surface area contributed by atoms with E-state index in [1.807, 2.05) is 20.8 Å². The molecule has 0 fully saturated rings. The average Bonchev–Trinajstić information content (AvgIpc) is 2.82. The number of fused-ring (bicyclic) bond motifs is 3. The quantitative estimate of drug-likeness (QED) is 0.641. The summed E-state index contributed by atoms with van der Waals surface area (Å²) < 4.78 is 2.29. The molecule has 4 nitrogen and oxygen atoms in total. The second-order valence-electron chi connectivity index (χ2n) is 7.13. The van der Waals surface area contributed by atoms with Gasteiger partial charge in [0.15, 0.2) is 0 Å². The van der Waals surface area contributed by atoms with Crippen LogP contribution in [0, 0.1) is 5.92 Å². The summed E-state index contributed by atoms with van der Waals surface area (Å²) in [4.78, 5) is 16.9. The number of nitrogens with zero attached hydrogens (tertiary/aromatic N) is 2. The zero-order chi connectivity index (χ0) is 15.7. The van der Waals surface area contributed by atoms with Gasteiger partial charge in [0.1, 0.15) is 0 Å². The Balaban J connectivity index is 1.72. The van der Waals surface area contributed by atoms with Crippen LogP contribution in [-0.2, 0) is 22.5 Å². The summed E-state index contributed by atoms with van der Waals surface area (Å²) in [6.45, 7) is 6.54. The van der Waals surface area contributed by atoms with Crippen LogP contribution in [0.15, 0.2) is 30.5 Å². The van der Waals surface area contributed by atoms with Gasteiger partial charge in [-0.15, -0.1) is 0 Å². The molecular weight excluding hydrogens is 276 g/mol. The Labute approximate surface area is 131 Å². The van der Waals surface area contributed by atoms with Crippen molar-refractivity contribution in [3.8, 4) is 0 Å². The van der Waals surface area contributed by atoms with Crippen molar-refractivity contribution >= 4 is 11.9 Å². The fourth-order valence-electron chi connectivity index (χ4n) is 3.31. The van der Waals surface area contributed by atoms with Crippen LogP contribution >= 0.6 is 0 Å². The van der Waals surface area contributed by atoms with E-state index in [1.54, 1.807) is 0 Å². The standard InChI is InChI=1S/C18H24N2O2/c1-18(2,3)22-19(13-21)12-14-7-8-17-15(10-14)11-16-6-4-5-9-20(16)17/h4-6,9,11,13-14H,7-8,10,12H2,1-3H3. The summed E-state index contributed by atoms with van der Waals surface area (Å²) >= 11 is 0. The number of carbonyl (C=O) groups is 1. The highest BCUT2D eigenvalue weighted by Gasteiger charge is 2.25. The van der Waals surface area contributed by atoms with E-state index in [4.69, 9.17) is 4.84 Å². The lowest BCUT2D eigenvalue weighted by molar-refractivity contribution is -0.220. The molecule has 4 heteroatoms. The van der Waals surface area contributed by atoms with Crippen molar-refractivity contribution in [2.24, 2.45) is 5.92 Å². The van der Waals surface area contributed by atoms with Crippen LogP contribution in [0.3, 0.4) is 0 Å². The maximum absolute atomic E-state index is 11.2. The highest BCUT2D eigenvalue weighted by atomic mass is 16.7. The minimum atomic E-state index is -0.342. The molecule has 0 spiro atoms. The summed E-state index contributed by atoms with van der Waals surface area (Å²) in [5.41, 5.74) is 3.74. The molecule has 3 rings (SSSR count). The molecule has 1 unspecified atom stereocenters. The Morgan fingerprint density at radius 1 is 1.41 bits per heavy atom. The number of aryl methyl sites for hydroxylation is 1. The van der Waals surface area contributed by atoms with E-state index >= 15 is 0 Å². The predicted octanol–water partition coefficient (Wildman–Crippen LogP) is 3.23. The van der Waals surface area contributed by atoms with E-state index in [-0.39, 0.29) is 5.60 Å². The molecule has 1 aliphatic carbocycles. The van der Waals surface area contributed by atoms with Gasteiger partial charge in [-0.3, -0.25) is 9.63 Å². The molecule has 2 heterocycles. The van der Waals surface area contributed by atoms with Crippen molar-refractivity contribution in [3.63, 3.8) is 0 Å². The monoisotopic (exact) mass is 300 g/mol. The molecule has 1 atom stereocenters. The maximum Gasteiger partial charge on any atom is 0.233 e. The molecule has 22 heavy (non-hydrogen) atoms. The Morgan fingerprint density at radius 2 is 2.23 bits per heavy atom. The number of amides is 1. The van der Waals surface area contributed by atoms with Gasteiger partial charge in [0.2, 0.25) is 6.41 Å². The van der Waals surface area contributed by atoms with Gasteiger partial charge >= 0.3 is 0 Å². The molecule has 0 aromatic carbocycles. The topological polar surface area (TPSA) is 34.0 Å². The van der Waals surface area contributed by atoms with Crippen LogP contribution in [0.1, 0.15) is 38.4 Å². The van der Waals surface area contributed by atoms with Gasteiger partial charge in [0, 0.05) is 17.4 Å². The fraction of sp³-hybridized carbons (Fsp3) is 0.500. The summed E-state index contributed by atoms with van der Waals surface area (Å²) in [6.07, 6.45) is 6.09. The van der Waals surface area contributed by atoms with Gasteiger partial charge in [-0.25, -0.2) is 5.06 Å². The van der Waals surface area contributed by atoms with E-state index in [0.717, 1.165) is 25.7 Å². The molecular formula is C18H24N2O2. The molecule has 0 N–H and O–H groups in total. The van der Waals surface area contributed by atoms with Crippen LogP contribution in [0.25, 0.3) is 5.52 Å². The van der Waals surface area contributed by atoms with Crippen molar-refractivity contribution in [2.75, 3.05) is 6.54 Å². The highest BCUT2D eigenvalue weighted by molar-refractivity contribution is 5.54. The molecule has 1 aliphatic rings. The number of aromatic nitrogens is 1. The molecule has 1 amide bonds. The lowest BCUT2D eigenvalue weighted by Gasteiger charge is -2.31. The van der Waals surface area contributed by atoms with Crippen molar-refractivity contribution in [1.29, 1.82) is 0 Å². The Hall–Kier alpha value is -1.81. The smallest absolute Gasteiger partial charge is 0.233 e. The second kappa shape index (κ2) is 5.76. The SMILES string of the molecule is CC(C)(C)ON(C=O)CC1CCc2c(cc3ccccn23)C1. The molecule has 0 bridgehead atoms. The van der Waals surface area contributed by atoms with E-state index in [2.05, 4.69) is 34.9 Å². The van der Waals surface area contributed by atoms with Crippen LogP contribution in [0.5, 0.6) is 0 Å². The van der Waals surface area contributed by atoms with Gasteiger partial charge in [0.05, 0.1) is 12.1 Å². The number of hydroxylamine groups is 2. The predicted molar refractivity (Wildman–Crippen MR) is 86.5 cm³/mol. The van der Waals surface area contributed by atoms with Gasteiger partial charge in [-0.05, 0) is 69.7 Å². The zero-order valence-electron chi connectivity index (χ0n) is 13.6. The largest absolute Gasteiger partial charge is 0.321 e. The number of hydrogen-bond donors (Lipinski definition) is 0. The molecule has 0 saturated heterocycles. The number of pyridine rings is 1. The Morgan fingerprint density at radius 3 is 2.95 bits per heavy atom. The Kier molecular flexibility index (Phi) is 3.96. The van der Waals surface area contributed by atoms with Gasteiger partial charge in [-0.2, -0.15) is 0 Å². The summed E-state index contributed by atoms with van der Waals surface area (Å²) in [5.74, 6) is 0.456. The zero-order valence-corrected chi connectivity index (χ0v) is 13.6. The van der Waals surface area contributed by atoms with Crippen LogP contribution < -0.4 is 0 Å². The second-order valence-corrected chi connectivity index (χ2v) is 7.13. The molecule has 0 saturated carbocycles. The van der Waals surface area contributed by atoms with Crippen molar-refractivity contribution in [3.05, 3.63) is 41.7 Å². The third-order valence-electron chi connectivity index (χ3n) is 4.12. The van der Waals surface area contributed by atoms with Crippen molar-refractivity contribution < 1.29 is 9.63 Å². The minimum absolute atomic E-state index is 0.342. The first-order valence-electron chi connectivity index (χ1n) is 7.95. The van der Waals surface area contributed by atoms with Gasteiger partial charge in [0.25, 0.3) is 0 Å². The van der Waals surface area contributed by atoms with Crippen LogP contribution in [-0.4, -0.2) is 28.0 Å². The number of hydrogen-bond acceptors (Lipinski definition) is 2. The summed E-state index contributed by atoms with van der Waals surface area (Å²) in [7, 11) is 0. The van der Waals surface area contributed by atoms with E-state index in [9.17, 15) is 4.79 Å². The van der Waals surface area contributed by atoms with Gasteiger partial charge in [-0.1, -0.05) is 6.07 Å². The lowest BCUT2D eigenvalue weighted by atomic mass is 9.87. The summed E-state index contributed by atoms with van der Waals surface area (Å²) in [5, 5.41) is 1.46. The number of carbonyl (C=O) groups excluding carboxylic acids is 1.